The number of likely N-dealkylation sites (N-methyl/N-ethyl adjacent to an activating group) is 1. The average molecular weight is 359 g/mol. The molecule has 6 heteroatoms. The number of carbonyl (C=O) groups is 2. The molecule has 0 N–H and O–H groups in total. The normalized spacial score (nSPS) is 10.5. The molecule has 1 amide bonds. The lowest BCUT2D eigenvalue weighted by Crippen LogP contribution is -2.31. The minimum Gasteiger partial charge on any atom is -0.484 e. The Morgan fingerprint density at radius 3 is 2.42 bits per heavy atom. The third-order valence-corrected chi connectivity index (χ3v) is 3.53. The van der Waals surface area contributed by atoms with Crippen molar-refractivity contribution in [1.82, 2.24) is 4.90 Å². The van der Waals surface area contributed by atoms with Crippen LogP contribution in [0.25, 0.3) is 0 Å². The molecule has 138 valence electrons. The molecule has 2 rings (SSSR count). The molecule has 5 nitrogen and oxygen atoms in total. The smallest absolute Gasteiger partial charge is 0.338 e. The maximum Gasteiger partial charge on any atom is 0.338 e. The highest BCUT2D eigenvalue weighted by Crippen LogP contribution is 2.14. The van der Waals surface area contributed by atoms with Gasteiger partial charge in [-0.2, -0.15) is 0 Å². The Hall–Kier alpha value is -2.89. The molecule has 0 spiro atoms. The van der Waals surface area contributed by atoms with Crippen molar-refractivity contribution in [3.8, 4) is 5.75 Å². The fourth-order valence-electron chi connectivity index (χ4n) is 2.22. The van der Waals surface area contributed by atoms with E-state index in [1.54, 1.807) is 57.3 Å². The van der Waals surface area contributed by atoms with Crippen molar-refractivity contribution in [1.29, 1.82) is 0 Å². The third-order valence-electron chi connectivity index (χ3n) is 3.53. The number of carbonyl (C=O) groups excluding carboxylic acids is 2. The molecule has 2 aromatic rings. The maximum absolute atomic E-state index is 13.2. The van der Waals surface area contributed by atoms with Gasteiger partial charge in [0.1, 0.15) is 11.6 Å². The lowest BCUT2D eigenvalue weighted by molar-refractivity contribution is -0.132. The van der Waals surface area contributed by atoms with Gasteiger partial charge in [-0.3, -0.25) is 4.79 Å². The predicted molar refractivity (Wildman–Crippen MR) is 95.4 cm³/mol. The Balaban J connectivity index is 1.85. The van der Waals surface area contributed by atoms with Gasteiger partial charge >= 0.3 is 5.97 Å². The van der Waals surface area contributed by atoms with Crippen molar-refractivity contribution >= 4 is 11.9 Å². The summed E-state index contributed by atoms with van der Waals surface area (Å²) >= 11 is 0. The summed E-state index contributed by atoms with van der Waals surface area (Å²) in [5.74, 6) is -0.510. The molecule has 0 aliphatic rings. The molecule has 0 aliphatic heterocycles. The van der Waals surface area contributed by atoms with E-state index in [4.69, 9.17) is 9.47 Å². The van der Waals surface area contributed by atoms with Crippen LogP contribution in [0.3, 0.4) is 0 Å². The number of benzene rings is 2. The fourth-order valence-corrected chi connectivity index (χ4v) is 2.22. The molecule has 0 bridgehead atoms. The van der Waals surface area contributed by atoms with Gasteiger partial charge in [-0.05, 0) is 55.8 Å². The molecule has 0 atom stereocenters. The predicted octanol–water partition coefficient (Wildman–Crippen LogP) is 3.43. The van der Waals surface area contributed by atoms with Crippen LogP contribution < -0.4 is 4.74 Å². The lowest BCUT2D eigenvalue weighted by atomic mass is 10.2. The first-order chi connectivity index (χ1) is 12.3. The summed E-state index contributed by atoms with van der Waals surface area (Å²) in [7, 11) is 1.63. The Labute approximate surface area is 152 Å². The molecule has 0 aromatic heterocycles. The number of rotatable bonds is 7. The molecule has 0 unspecified atom stereocenters. The highest BCUT2D eigenvalue weighted by Gasteiger charge is 2.12. The molecule has 0 saturated carbocycles. The molecule has 0 aliphatic carbocycles. The van der Waals surface area contributed by atoms with Crippen molar-refractivity contribution in [2.75, 3.05) is 13.7 Å². The number of esters is 1. The second kappa shape index (κ2) is 8.99. The first kappa shape index (κ1) is 19.4. The fraction of sp³-hybridized carbons (Fsp3) is 0.300. The number of hydrogen-bond acceptors (Lipinski definition) is 4. The van der Waals surface area contributed by atoms with Crippen LogP contribution >= 0.6 is 0 Å². The number of halogens is 1. The van der Waals surface area contributed by atoms with Gasteiger partial charge in [0.05, 0.1) is 11.7 Å². The molecular weight excluding hydrogens is 337 g/mol. The van der Waals surface area contributed by atoms with Crippen molar-refractivity contribution in [2.45, 2.75) is 26.5 Å². The highest BCUT2D eigenvalue weighted by molar-refractivity contribution is 5.89. The van der Waals surface area contributed by atoms with E-state index in [0.29, 0.717) is 23.4 Å². The number of ether oxygens (including phenoxy) is 2. The van der Waals surface area contributed by atoms with E-state index in [9.17, 15) is 14.0 Å². The number of hydrogen-bond donors (Lipinski definition) is 0. The summed E-state index contributed by atoms with van der Waals surface area (Å²) in [6.07, 6.45) is -0.190. The van der Waals surface area contributed by atoms with E-state index in [-0.39, 0.29) is 24.4 Å². The molecule has 26 heavy (non-hydrogen) atoms. The first-order valence-electron chi connectivity index (χ1n) is 8.27. The number of amides is 1. The molecule has 0 heterocycles. The van der Waals surface area contributed by atoms with Crippen LogP contribution in [0.5, 0.6) is 5.75 Å². The largest absolute Gasteiger partial charge is 0.484 e. The quantitative estimate of drug-likeness (QED) is 0.711. The SMILES string of the molecule is CC(C)OC(=O)c1ccc(OCC(=O)N(C)Cc2cccc(F)c2)cc1. The summed E-state index contributed by atoms with van der Waals surface area (Å²) in [5, 5.41) is 0. The summed E-state index contributed by atoms with van der Waals surface area (Å²) in [4.78, 5) is 25.4. The monoisotopic (exact) mass is 359 g/mol. The average Bonchev–Trinajstić information content (AvgIpc) is 2.59. The zero-order chi connectivity index (χ0) is 19.1. The van der Waals surface area contributed by atoms with Crippen LogP contribution in [0, 0.1) is 5.82 Å². The van der Waals surface area contributed by atoms with E-state index < -0.39 is 5.97 Å². The van der Waals surface area contributed by atoms with E-state index in [0.717, 1.165) is 0 Å². The molecule has 2 aromatic carbocycles. The summed E-state index contributed by atoms with van der Waals surface area (Å²) in [6.45, 7) is 3.70. The van der Waals surface area contributed by atoms with Crippen LogP contribution in [0.4, 0.5) is 4.39 Å². The van der Waals surface area contributed by atoms with Gasteiger partial charge in [0.15, 0.2) is 6.61 Å². The van der Waals surface area contributed by atoms with E-state index in [1.165, 1.54) is 17.0 Å². The molecule has 0 saturated heterocycles. The zero-order valence-corrected chi connectivity index (χ0v) is 15.1. The second-order valence-electron chi connectivity index (χ2n) is 6.15. The Kier molecular flexibility index (Phi) is 6.72. The Morgan fingerprint density at radius 1 is 1.12 bits per heavy atom. The van der Waals surface area contributed by atoms with Crippen molar-refractivity contribution in [3.63, 3.8) is 0 Å². The first-order valence-corrected chi connectivity index (χ1v) is 8.27. The summed E-state index contributed by atoms with van der Waals surface area (Å²) < 4.78 is 23.7. The van der Waals surface area contributed by atoms with Crippen molar-refractivity contribution < 1.29 is 23.5 Å². The summed E-state index contributed by atoms with van der Waals surface area (Å²) in [5.41, 5.74) is 1.12. The van der Waals surface area contributed by atoms with E-state index in [2.05, 4.69) is 0 Å². The van der Waals surface area contributed by atoms with Crippen LogP contribution in [0.1, 0.15) is 29.8 Å². The van der Waals surface area contributed by atoms with Gasteiger partial charge in [-0.1, -0.05) is 12.1 Å². The van der Waals surface area contributed by atoms with Gasteiger partial charge in [0.25, 0.3) is 5.91 Å². The standard InChI is InChI=1S/C20H22FNO4/c1-14(2)26-20(24)16-7-9-18(10-8-16)25-13-19(23)22(3)12-15-5-4-6-17(21)11-15/h4-11,14H,12-13H2,1-3H3. The highest BCUT2D eigenvalue weighted by atomic mass is 19.1. The van der Waals surface area contributed by atoms with Gasteiger partial charge < -0.3 is 14.4 Å². The van der Waals surface area contributed by atoms with E-state index in [1.807, 2.05) is 0 Å². The van der Waals surface area contributed by atoms with Crippen molar-refractivity contribution in [3.05, 3.63) is 65.5 Å². The van der Waals surface area contributed by atoms with E-state index >= 15 is 0 Å². The number of nitrogens with zero attached hydrogens (tertiary/aromatic N) is 1. The second-order valence-corrected chi connectivity index (χ2v) is 6.15. The molecule has 0 fully saturated rings. The van der Waals surface area contributed by atoms with Gasteiger partial charge in [0.2, 0.25) is 0 Å². The molecular formula is C20H22FNO4. The Morgan fingerprint density at radius 2 is 1.81 bits per heavy atom. The molecule has 0 radical (unpaired) electrons. The van der Waals surface area contributed by atoms with Crippen LogP contribution in [0.15, 0.2) is 48.5 Å². The van der Waals surface area contributed by atoms with Gasteiger partial charge in [-0.25, -0.2) is 9.18 Å². The van der Waals surface area contributed by atoms with Crippen LogP contribution in [-0.2, 0) is 16.1 Å². The topological polar surface area (TPSA) is 55.8 Å². The maximum atomic E-state index is 13.2. The van der Waals surface area contributed by atoms with Gasteiger partial charge in [-0.15, -0.1) is 0 Å². The minimum absolute atomic E-state index is 0.151. The van der Waals surface area contributed by atoms with Crippen LogP contribution in [-0.4, -0.2) is 36.5 Å². The van der Waals surface area contributed by atoms with Gasteiger partial charge in [0, 0.05) is 13.6 Å². The Bertz CT molecular complexity index is 759. The minimum atomic E-state index is -0.405. The van der Waals surface area contributed by atoms with Crippen LogP contribution in [0.2, 0.25) is 0 Å². The summed E-state index contributed by atoms with van der Waals surface area (Å²) in [6, 6.07) is 12.5. The third kappa shape index (κ3) is 5.88. The zero-order valence-electron chi connectivity index (χ0n) is 15.1. The van der Waals surface area contributed by atoms with Crippen molar-refractivity contribution in [2.24, 2.45) is 0 Å². The lowest BCUT2D eigenvalue weighted by Gasteiger charge is -2.17.